The molecule has 0 N–H and O–H groups in total. The smallest absolute Gasteiger partial charge is 0.180 e. The van der Waals surface area contributed by atoms with Gasteiger partial charge in [0.15, 0.2) is 11.4 Å². The quantitative estimate of drug-likeness (QED) is 0.153. The minimum absolute atomic E-state index is 0.665. The highest BCUT2D eigenvalue weighted by molar-refractivity contribution is 6.18. The van der Waals surface area contributed by atoms with Gasteiger partial charge in [0, 0.05) is 49.4 Å². The zero-order valence-electron chi connectivity index (χ0n) is 31.8. The van der Waals surface area contributed by atoms with E-state index in [2.05, 4.69) is 162 Å². The molecule has 0 unspecified atom stereocenters. The molecule has 5 heteroatoms. The molecule has 0 bridgehead atoms. The molecular formula is C53H36N4O. The molecule has 4 heterocycles. The molecule has 7 aromatic carbocycles. The molecule has 0 amide bonds. The Labute approximate surface area is 334 Å². The highest BCUT2D eigenvalue weighted by Gasteiger charge is 2.21. The van der Waals surface area contributed by atoms with E-state index in [1.54, 1.807) is 0 Å². The molecular weight excluding hydrogens is 709 g/mol. The van der Waals surface area contributed by atoms with Crippen molar-refractivity contribution in [2.75, 3.05) is 0 Å². The number of rotatable bonds is 7. The number of furan rings is 1. The van der Waals surface area contributed by atoms with Gasteiger partial charge in [0.05, 0.1) is 22.1 Å². The van der Waals surface area contributed by atoms with Crippen molar-refractivity contribution >= 4 is 71.4 Å². The Morgan fingerprint density at radius 2 is 1.29 bits per heavy atom. The highest BCUT2D eigenvalue weighted by Crippen LogP contribution is 2.42. The normalized spacial score (nSPS) is 12.3. The molecule has 0 spiro atoms. The predicted octanol–water partition coefficient (Wildman–Crippen LogP) is 14.2. The summed E-state index contributed by atoms with van der Waals surface area (Å²) in [5, 5.41) is 5.78. The molecule has 0 radical (unpaired) electrons. The lowest BCUT2D eigenvalue weighted by atomic mass is 9.98. The summed E-state index contributed by atoms with van der Waals surface area (Å²) in [7, 11) is 0. The van der Waals surface area contributed by atoms with E-state index in [0.717, 1.165) is 55.7 Å². The number of fused-ring (bicyclic) bond motifs is 9. The standard InChI is InChI=1S/C53H36N4O/c1-3-5-21-37(4-2)56-45-26-15-13-23-41(45)49-39(24-16-27-47(49)56)36-28-30-46-42(32-36)40-22-12-14-25-44(40)57(46)38-29-31-48-43(33-38)51-52(58-48)50(34-17-8-6-9-18-34)54-53(55-51)35-19-10-7-11-20-35/h3-33H,1H2,2H3/b21-5-,37-4+. The first-order valence-corrected chi connectivity index (χ1v) is 19.6. The summed E-state index contributed by atoms with van der Waals surface area (Å²) in [6, 6.07) is 57.7. The maximum atomic E-state index is 6.60. The molecule has 0 saturated carbocycles. The van der Waals surface area contributed by atoms with E-state index >= 15 is 0 Å². The van der Waals surface area contributed by atoms with Gasteiger partial charge >= 0.3 is 0 Å². The van der Waals surface area contributed by atoms with Crippen LogP contribution in [0, 0.1) is 0 Å². The SMILES string of the molecule is C=C/C=C\C(=C/C)n1c2ccccc2c2c(-c3ccc4c(c3)c3ccccc3n4-c3ccc4oc5c(-c6ccccc6)nc(-c6ccccc6)nc5c4c3)cccc21. The number of allylic oxidation sites excluding steroid dienone is 5. The monoisotopic (exact) mass is 744 g/mol. The van der Waals surface area contributed by atoms with Crippen LogP contribution in [-0.2, 0) is 0 Å². The molecule has 11 rings (SSSR count). The largest absolute Gasteiger partial charge is 0.452 e. The van der Waals surface area contributed by atoms with Crippen LogP contribution in [0.25, 0.3) is 111 Å². The van der Waals surface area contributed by atoms with E-state index in [4.69, 9.17) is 14.4 Å². The van der Waals surface area contributed by atoms with Gasteiger partial charge in [-0.1, -0.05) is 140 Å². The van der Waals surface area contributed by atoms with Crippen molar-refractivity contribution in [2.24, 2.45) is 0 Å². The highest BCUT2D eigenvalue weighted by atomic mass is 16.3. The van der Waals surface area contributed by atoms with Crippen molar-refractivity contribution in [1.29, 1.82) is 0 Å². The van der Waals surface area contributed by atoms with Crippen molar-refractivity contribution in [1.82, 2.24) is 19.1 Å². The van der Waals surface area contributed by atoms with Crippen LogP contribution < -0.4 is 0 Å². The van der Waals surface area contributed by atoms with E-state index < -0.39 is 0 Å². The van der Waals surface area contributed by atoms with E-state index in [-0.39, 0.29) is 0 Å². The van der Waals surface area contributed by atoms with Gasteiger partial charge in [-0.2, -0.15) is 0 Å². The summed E-state index contributed by atoms with van der Waals surface area (Å²) in [5.41, 5.74) is 14.1. The summed E-state index contributed by atoms with van der Waals surface area (Å²) in [6.07, 6.45) is 8.09. The average molecular weight is 745 g/mol. The minimum atomic E-state index is 0.665. The molecule has 5 nitrogen and oxygen atoms in total. The fourth-order valence-corrected chi connectivity index (χ4v) is 8.70. The van der Waals surface area contributed by atoms with Crippen LogP contribution in [0.1, 0.15) is 6.92 Å². The molecule has 4 aromatic heterocycles. The van der Waals surface area contributed by atoms with E-state index in [9.17, 15) is 0 Å². The van der Waals surface area contributed by atoms with E-state index in [0.29, 0.717) is 11.4 Å². The van der Waals surface area contributed by atoms with Gasteiger partial charge in [0.2, 0.25) is 0 Å². The summed E-state index contributed by atoms with van der Waals surface area (Å²) >= 11 is 0. The van der Waals surface area contributed by atoms with Gasteiger partial charge in [0.1, 0.15) is 16.8 Å². The summed E-state index contributed by atoms with van der Waals surface area (Å²) in [4.78, 5) is 10.2. The van der Waals surface area contributed by atoms with Crippen molar-refractivity contribution < 1.29 is 4.42 Å². The average Bonchev–Trinajstić information content (AvgIpc) is 3.94. The van der Waals surface area contributed by atoms with Crippen molar-refractivity contribution in [2.45, 2.75) is 6.92 Å². The first kappa shape index (κ1) is 33.6. The third-order valence-corrected chi connectivity index (χ3v) is 11.3. The lowest BCUT2D eigenvalue weighted by Crippen LogP contribution is -1.95. The first-order valence-electron chi connectivity index (χ1n) is 19.6. The number of hydrogen-bond donors (Lipinski definition) is 0. The Balaban J connectivity index is 1.12. The van der Waals surface area contributed by atoms with Gasteiger partial charge in [-0.3, -0.25) is 0 Å². The number of nitrogens with zero attached hydrogens (tertiary/aromatic N) is 4. The van der Waals surface area contributed by atoms with Crippen LogP contribution in [0.3, 0.4) is 0 Å². The molecule has 0 saturated heterocycles. The van der Waals surface area contributed by atoms with Crippen LogP contribution in [0.15, 0.2) is 199 Å². The Morgan fingerprint density at radius 1 is 0.586 bits per heavy atom. The summed E-state index contributed by atoms with van der Waals surface area (Å²) in [6.45, 7) is 5.99. The van der Waals surface area contributed by atoms with Crippen molar-refractivity contribution in [3.05, 3.63) is 195 Å². The van der Waals surface area contributed by atoms with E-state index in [1.165, 1.54) is 43.7 Å². The Hall–Kier alpha value is -7.76. The lowest BCUT2D eigenvalue weighted by Gasteiger charge is -2.10. The van der Waals surface area contributed by atoms with Crippen molar-refractivity contribution in [3.63, 3.8) is 0 Å². The molecule has 0 aliphatic carbocycles. The molecule has 0 aliphatic rings. The minimum Gasteiger partial charge on any atom is -0.452 e. The van der Waals surface area contributed by atoms with Gasteiger partial charge < -0.3 is 13.6 Å². The third kappa shape index (κ3) is 5.17. The molecule has 0 fully saturated rings. The Kier molecular flexibility index (Phi) is 7.79. The molecule has 11 aromatic rings. The van der Waals surface area contributed by atoms with Crippen LogP contribution in [0.5, 0.6) is 0 Å². The van der Waals surface area contributed by atoms with Crippen LogP contribution in [0.2, 0.25) is 0 Å². The summed E-state index contributed by atoms with van der Waals surface area (Å²) in [5.74, 6) is 0.665. The Bertz CT molecular complexity index is 3470. The molecule has 58 heavy (non-hydrogen) atoms. The maximum Gasteiger partial charge on any atom is 0.180 e. The van der Waals surface area contributed by atoms with Crippen LogP contribution in [0.4, 0.5) is 0 Å². The second kappa shape index (κ2) is 13.5. The van der Waals surface area contributed by atoms with Gasteiger partial charge in [-0.05, 0) is 72.7 Å². The van der Waals surface area contributed by atoms with Gasteiger partial charge in [-0.15, -0.1) is 0 Å². The molecule has 0 aliphatic heterocycles. The zero-order valence-corrected chi connectivity index (χ0v) is 31.8. The number of para-hydroxylation sites is 2. The second-order valence-corrected chi connectivity index (χ2v) is 14.5. The lowest BCUT2D eigenvalue weighted by molar-refractivity contribution is 0.667. The number of aromatic nitrogens is 4. The summed E-state index contributed by atoms with van der Waals surface area (Å²) < 4.78 is 11.3. The van der Waals surface area contributed by atoms with Gasteiger partial charge in [-0.25, -0.2) is 9.97 Å². The van der Waals surface area contributed by atoms with Crippen LogP contribution in [-0.4, -0.2) is 19.1 Å². The third-order valence-electron chi connectivity index (χ3n) is 11.3. The molecule has 274 valence electrons. The zero-order chi connectivity index (χ0) is 38.7. The first-order chi connectivity index (χ1) is 28.7. The van der Waals surface area contributed by atoms with Crippen molar-refractivity contribution in [3.8, 4) is 39.5 Å². The predicted molar refractivity (Wildman–Crippen MR) is 242 cm³/mol. The molecule has 0 atom stereocenters. The fourth-order valence-electron chi connectivity index (χ4n) is 8.70. The topological polar surface area (TPSA) is 48.8 Å². The fraction of sp³-hybridized carbons (Fsp3) is 0.0189. The van der Waals surface area contributed by atoms with E-state index in [1.807, 2.05) is 48.6 Å². The van der Waals surface area contributed by atoms with Crippen LogP contribution >= 0.6 is 0 Å². The Morgan fingerprint density at radius 3 is 2.09 bits per heavy atom. The van der Waals surface area contributed by atoms with Gasteiger partial charge in [0.25, 0.3) is 0 Å². The second-order valence-electron chi connectivity index (χ2n) is 14.5. The maximum absolute atomic E-state index is 6.60. The number of hydrogen-bond acceptors (Lipinski definition) is 3. The number of benzene rings is 7.